The Morgan fingerprint density at radius 1 is 1.06 bits per heavy atom. The molecule has 0 unspecified atom stereocenters. The Kier molecular flexibility index (Phi) is 5.19. The molecule has 2 aromatic carbocycles. The van der Waals surface area contributed by atoms with Crippen molar-refractivity contribution < 1.29 is 18.7 Å². The number of dihydropyridines is 1. The topological polar surface area (TPSA) is 68.5 Å². The Bertz CT molecular complexity index is 1320. The zero-order valence-electron chi connectivity index (χ0n) is 17.3. The summed E-state index contributed by atoms with van der Waals surface area (Å²) in [6.45, 7) is 1.81. The van der Waals surface area contributed by atoms with Gasteiger partial charge in [0, 0.05) is 32.3 Å². The van der Waals surface area contributed by atoms with Crippen molar-refractivity contribution in [2.75, 3.05) is 7.11 Å². The zero-order chi connectivity index (χ0) is 22.4. The molecule has 3 aromatic rings. The average Bonchev–Trinajstić information content (AvgIpc) is 3.37. The van der Waals surface area contributed by atoms with Gasteiger partial charge in [-0.3, -0.25) is 4.79 Å². The third-order valence-corrected chi connectivity index (χ3v) is 6.75. The number of hydrogen-bond acceptors (Lipinski definition) is 6. The van der Waals surface area contributed by atoms with Crippen molar-refractivity contribution in [2.45, 2.75) is 22.8 Å². The van der Waals surface area contributed by atoms with E-state index in [-0.39, 0.29) is 5.78 Å². The Morgan fingerprint density at radius 2 is 1.78 bits per heavy atom. The number of esters is 1. The monoisotopic (exact) mass is 463 g/mol. The number of rotatable bonds is 4. The molecule has 0 amide bonds. The highest BCUT2D eigenvalue weighted by molar-refractivity contribution is 7.99. The smallest absolute Gasteiger partial charge is 0.336 e. The van der Waals surface area contributed by atoms with Gasteiger partial charge in [0.05, 0.1) is 24.3 Å². The van der Waals surface area contributed by atoms with Crippen LogP contribution in [0.1, 0.15) is 34.5 Å². The molecule has 2 aliphatic rings. The average molecular weight is 464 g/mol. The minimum Gasteiger partial charge on any atom is -0.466 e. The van der Waals surface area contributed by atoms with Gasteiger partial charge in [0.15, 0.2) is 10.9 Å². The first-order valence-electron chi connectivity index (χ1n) is 9.95. The summed E-state index contributed by atoms with van der Waals surface area (Å²) in [6.07, 6.45) is 0. The van der Waals surface area contributed by atoms with Crippen molar-refractivity contribution in [1.82, 2.24) is 5.32 Å². The number of hydrogen-bond donors (Lipinski definition) is 1. The van der Waals surface area contributed by atoms with Gasteiger partial charge >= 0.3 is 5.97 Å². The molecule has 0 radical (unpaired) electrons. The van der Waals surface area contributed by atoms with E-state index in [0.29, 0.717) is 44.0 Å². The van der Waals surface area contributed by atoms with Crippen LogP contribution in [0.2, 0.25) is 5.02 Å². The number of ketones is 1. The zero-order valence-corrected chi connectivity index (χ0v) is 18.8. The first kappa shape index (κ1) is 20.7. The number of methoxy groups -OCH3 is 1. The number of furan rings is 1. The van der Waals surface area contributed by atoms with Crippen LogP contribution in [0.15, 0.2) is 91.9 Å². The van der Waals surface area contributed by atoms with Crippen LogP contribution in [0.5, 0.6) is 0 Å². The predicted octanol–water partition coefficient (Wildman–Crippen LogP) is 5.83. The SMILES string of the molecule is COC(=O)C1=C(C)NC2=C(C(=O)c3ccccc32)[C@H]1c1ccc(Sc2ccc(Cl)cc2)o1. The van der Waals surface area contributed by atoms with Gasteiger partial charge in [-0.05, 0) is 43.3 Å². The lowest BCUT2D eigenvalue weighted by molar-refractivity contribution is -0.136. The number of fused-ring (bicyclic) bond motifs is 2. The van der Waals surface area contributed by atoms with Gasteiger partial charge < -0.3 is 14.5 Å². The molecule has 32 heavy (non-hydrogen) atoms. The number of ether oxygens (including phenoxy) is 1. The van der Waals surface area contributed by atoms with Gasteiger partial charge in [-0.1, -0.05) is 47.6 Å². The number of allylic oxidation sites excluding steroid dienone is 2. The summed E-state index contributed by atoms with van der Waals surface area (Å²) in [4.78, 5) is 27.1. The predicted molar refractivity (Wildman–Crippen MR) is 123 cm³/mol. The van der Waals surface area contributed by atoms with Crippen LogP contribution in [0.3, 0.4) is 0 Å². The minimum absolute atomic E-state index is 0.120. The van der Waals surface area contributed by atoms with Gasteiger partial charge in [-0.15, -0.1) is 0 Å². The summed E-state index contributed by atoms with van der Waals surface area (Å²) >= 11 is 7.41. The molecule has 5 rings (SSSR count). The molecule has 2 heterocycles. The van der Waals surface area contributed by atoms with E-state index in [4.69, 9.17) is 20.8 Å². The maximum absolute atomic E-state index is 13.4. The van der Waals surface area contributed by atoms with Gasteiger partial charge in [0.2, 0.25) is 0 Å². The van der Waals surface area contributed by atoms with Crippen molar-refractivity contribution in [1.29, 1.82) is 0 Å². The second kappa shape index (κ2) is 8.04. The van der Waals surface area contributed by atoms with E-state index in [0.717, 1.165) is 10.5 Å². The first-order chi connectivity index (χ1) is 15.5. The van der Waals surface area contributed by atoms with Crippen molar-refractivity contribution >= 4 is 40.8 Å². The lowest BCUT2D eigenvalue weighted by atomic mass is 9.83. The third-order valence-electron chi connectivity index (χ3n) is 5.57. The number of carbonyl (C=O) groups excluding carboxylic acids is 2. The van der Waals surface area contributed by atoms with Gasteiger partial charge in [0.1, 0.15) is 5.76 Å². The Balaban J connectivity index is 1.59. The maximum atomic E-state index is 13.4. The van der Waals surface area contributed by atoms with E-state index < -0.39 is 11.9 Å². The quantitative estimate of drug-likeness (QED) is 0.491. The molecule has 1 atom stereocenters. The molecule has 0 saturated heterocycles. The lowest BCUT2D eigenvalue weighted by Gasteiger charge is -2.27. The summed E-state index contributed by atoms with van der Waals surface area (Å²) in [5.74, 6) is -0.779. The van der Waals surface area contributed by atoms with E-state index >= 15 is 0 Å². The summed E-state index contributed by atoms with van der Waals surface area (Å²) in [6, 6.07) is 18.5. The maximum Gasteiger partial charge on any atom is 0.336 e. The molecule has 0 fully saturated rings. The molecule has 1 aromatic heterocycles. The normalized spacial score (nSPS) is 17.2. The van der Waals surface area contributed by atoms with Crippen molar-refractivity contribution in [3.8, 4) is 0 Å². The molecule has 1 aliphatic heterocycles. The number of benzene rings is 2. The van der Waals surface area contributed by atoms with Crippen molar-refractivity contribution in [3.05, 3.63) is 99.4 Å². The standard InChI is InChI=1S/C25H18ClNO4S/c1-13-20(25(29)30-2)21(22-23(27-13)16-5-3-4-6-17(16)24(22)28)18-11-12-19(31-18)32-15-9-7-14(26)8-10-15/h3-12,21,27H,1-2H3/t21-/m0/s1. The van der Waals surface area contributed by atoms with Gasteiger partial charge in [-0.25, -0.2) is 4.79 Å². The Hall–Kier alpha value is -3.22. The first-order valence-corrected chi connectivity index (χ1v) is 11.1. The molecule has 5 nitrogen and oxygen atoms in total. The summed E-state index contributed by atoms with van der Waals surface area (Å²) in [5, 5.41) is 4.56. The second-order valence-electron chi connectivity index (χ2n) is 7.46. The fourth-order valence-electron chi connectivity index (χ4n) is 4.16. The summed E-state index contributed by atoms with van der Waals surface area (Å²) in [5.41, 5.74) is 3.64. The van der Waals surface area contributed by atoms with Crippen LogP contribution in [-0.4, -0.2) is 18.9 Å². The largest absolute Gasteiger partial charge is 0.466 e. The fraction of sp³-hybridized carbons (Fsp3) is 0.120. The van der Waals surface area contributed by atoms with Gasteiger partial charge in [0.25, 0.3) is 0 Å². The molecule has 1 aliphatic carbocycles. The number of Topliss-reactive ketones (excluding diaryl/α,β-unsaturated/α-hetero) is 1. The number of halogens is 1. The molecule has 160 valence electrons. The van der Waals surface area contributed by atoms with Crippen molar-refractivity contribution in [2.24, 2.45) is 0 Å². The molecular weight excluding hydrogens is 446 g/mol. The summed E-state index contributed by atoms with van der Waals surface area (Å²) in [7, 11) is 1.33. The molecule has 0 saturated carbocycles. The van der Waals surface area contributed by atoms with E-state index in [9.17, 15) is 9.59 Å². The van der Waals surface area contributed by atoms with E-state index in [2.05, 4.69) is 5.32 Å². The lowest BCUT2D eigenvalue weighted by Crippen LogP contribution is -2.28. The van der Waals surface area contributed by atoms with E-state index in [1.807, 2.05) is 54.6 Å². The molecule has 7 heteroatoms. The van der Waals surface area contributed by atoms with Crippen LogP contribution in [0.4, 0.5) is 0 Å². The van der Waals surface area contributed by atoms with E-state index in [1.165, 1.54) is 18.9 Å². The van der Waals surface area contributed by atoms with Crippen LogP contribution >= 0.6 is 23.4 Å². The fourth-order valence-corrected chi connectivity index (χ4v) is 5.06. The van der Waals surface area contributed by atoms with Gasteiger partial charge in [-0.2, -0.15) is 0 Å². The highest BCUT2D eigenvalue weighted by atomic mass is 35.5. The minimum atomic E-state index is -0.668. The highest BCUT2D eigenvalue weighted by Crippen LogP contribution is 2.47. The third kappa shape index (κ3) is 3.36. The molecule has 0 bridgehead atoms. The molecule has 0 spiro atoms. The van der Waals surface area contributed by atoms with E-state index in [1.54, 1.807) is 13.0 Å². The van der Waals surface area contributed by atoms with Crippen LogP contribution < -0.4 is 5.32 Å². The molecular formula is C25H18ClNO4S. The highest BCUT2D eigenvalue weighted by Gasteiger charge is 2.44. The Labute approximate surface area is 194 Å². The number of carbonyl (C=O) groups is 2. The van der Waals surface area contributed by atoms with Crippen molar-refractivity contribution in [3.63, 3.8) is 0 Å². The van der Waals surface area contributed by atoms with Crippen LogP contribution in [0.25, 0.3) is 5.70 Å². The van der Waals surface area contributed by atoms with Crippen LogP contribution in [-0.2, 0) is 9.53 Å². The molecule has 1 N–H and O–H groups in total. The summed E-state index contributed by atoms with van der Waals surface area (Å²) < 4.78 is 11.2. The second-order valence-corrected chi connectivity index (χ2v) is 8.98. The number of nitrogens with one attached hydrogen (secondary N) is 1. The van der Waals surface area contributed by atoms with Crippen LogP contribution in [0, 0.1) is 0 Å². The Morgan fingerprint density at radius 3 is 2.50 bits per heavy atom.